The lowest BCUT2D eigenvalue weighted by molar-refractivity contribution is 0.110. The number of hydrogen-bond donors (Lipinski definition) is 1. The van der Waals surface area contributed by atoms with Gasteiger partial charge in [0.2, 0.25) is 0 Å². The molecule has 3 nitrogen and oxygen atoms in total. The smallest absolute Gasteiger partial charge is 0.119 e. The summed E-state index contributed by atoms with van der Waals surface area (Å²) in [5, 5.41) is 4.18. The number of rotatable bonds is 8. The molecule has 118 valence electrons. The van der Waals surface area contributed by atoms with E-state index in [9.17, 15) is 0 Å². The van der Waals surface area contributed by atoms with Crippen molar-refractivity contribution in [2.24, 2.45) is 0 Å². The Hall–Kier alpha value is -1.71. The lowest BCUT2D eigenvalue weighted by atomic mass is 10.1. The summed E-state index contributed by atoms with van der Waals surface area (Å²) in [6, 6.07) is 13.9. The number of ether oxygens (including phenoxy) is 2. The predicted molar refractivity (Wildman–Crippen MR) is 91.9 cm³/mol. The molecule has 2 rings (SSSR count). The number of halogens is 1. The summed E-state index contributed by atoms with van der Waals surface area (Å²) in [6.07, 6.45) is 0. The third-order valence-corrected chi connectivity index (χ3v) is 3.76. The summed E-state index contributed by atoms with van der Waals surface area (Å²) < 4.78 is 10.9. The Morgan fingerprint density at radius 2 is 1.91 bits per heavy atom. The topological polar surface area (TPSA) is 30.5 Å². The summed E-state index contributed by atoms with van der Waals surface area (Å²) in [4.78, 5) is 0. The zero-order valence-corrected chi connectivity index (χ0v) is 13.8. The molecule has 4 heteroatoms. The largest absolute Gasteiger partial charge is 0.491 e. The van der Waals surface area contributed by atoms with E-state index >= 15 is 0 Å². The first-order valence-corrected chi connectivity index (χ1v) is 7.87. The van der Waals surface area contributed by atoms with Gasteiger partial charge in [-0.25, -0.2) is 0 Å². The van der Waals surface area contributed by atoms with Gasteiger partial charge in [-0.2, -0.15) is 0 Å². The molecule has 1 N–H and O–H groups in total. The van der Waals surface area contributed by atoms with Crippen molar-refractivity contribution in [1.29, 1.82) is 0 Å². The third kappa shape index (κ3) is 4.93. The van der Waals surface area contributed by atoms with Crippen molar-refractivity contribution >= 4 is 17.3 Å². The van der Waals surface area contributed by atoms with Crippen molar-refractivity contribution < 1.29 is 9.47 Å². The van der Waals surface area contributed by atoms with E-state index in [-0.39, 0.29) is 0 Å². The summed E-state index contributed by atoms with van der Waals surface area (Å²) >= 11 is 6.13. The molecule has 0 bridgehead atoms. The van der Waals surface area contributed by atoms with Gasteiger partial charge in [0, 0.05) is 23.9 Å². The fourth-order valence-electron chi connectivity index (χ4n) is 2.10. The molecule has 0 heterocycles. The van der Waals surface area contributed by atoms with Crippen molar-refractivity contribution in [3.63, 3.8) is 0 Å². The van der Waals surface area contributed by atoms with Crippen molar-refractivity contribution in [1.82, 2.24) is 0 Å². The molecule has 2 aromatic carbocycles. The van der Waals surface area contributed by atoms with Gasteiger partial charge in [0.05, 0.1) is 6.61 Å². The van der Waals surface area contributed by atoms with Gasteiger partial charge in [-0.3, -0.25) is 0 Å². The maximum Gasteiger partial charge on any atom is 0.119 e. The SMILES string of the molecule is CCOCCOc1cccc(CNc2cccc(Cl)c2C)c1. The molecule has 0 amide bonds. The Bertz CT molecular complexity index is 601. The number of nitrogens with one attached hydrogen (secondary N) is 1. The summed E-state index contributed by atoms with van der Waals surface area (Å²) in [5.41, 5.74) is 3.27. The molecule has 0 spiro atoms. The predicted octanol–water partition coefficient (Wildman–Crippen LogP) is 4.68. The maximum absolute atomic E-state index is 6.13. The normalized spacial score (nSPS) is 10.5. The molecule has 0 aliphatic carbocycles. The Morgan fingerprint density at radius 1 is 1.09 bits per heavy atom. The van der Waals surface area contributed by atoms with Crippen LogP contribution >= 0.6 is 11.6 Å². The first kappa shape index (κ1) is 16.7. The highest BCUT2D eigenvalue weighted by Crippen LogP contribution is 2.23. The van der Waals surface area contributed by atoms with Gasteiger partial charge < -0.3 is 14.8 Å². The molecule has 0 saturated heterocycles. The van der Waals surface area contributed by atoms with Crippen LogP contribution in [0.2, 0.25) is 5.02 Å². The van der Waals surface area contributed by atoms with E-state index in [1.54, 1.807) is 0 Å². The fraction of sp³-hybridized carbons (Fsp3) is 0.333. The Kier molecular flexibility index (Phi) is 6.56. The Morgan fingerprint density at radius 3 is 2.73 bits per heavy atom. The lowest BCUT2D eigenvalue weighted by Crippen LogP contribution is -2.07. The molecule has 22 heavy (non-hydrogen) atoms. The van der Waals surface area contributed by atoms with Crippen molar-refractivity contribution in [3.8, 4) is 5.75 Å². The van der Waals surface area contributed by atoms with E-state index < -0.39 is 0 Å². The summed E-state index contributed by atoms with van der Waals surface area (Å²) in [7, 11) is 0. The molecular weight excluding hydrogens is 298 g/mol. The highest BCUT2D eigenvalue weighted by molar-refractivity contribution is 6.31. The molecule has 0 aliphatic rings. The average Bonchev–Trinajstić information content (AvgIpc) is 2.53. The van der Waals surface area contributed by atoms with Crippen LogP contribution in [0.4, 0.5) is 5.69 Å². The highest BCUT2D eigenvalue weighted by atomic mass is 35.5. The van der Waals surface area contributed by atoms with Crippen LogP contribution in [0.3, 0.4) is 0 Å². The van der Waals surface area contributed by atoms with Crippen LogP contribution in [-0.4, -0.2) is 19.8 Å². The molecule has 0 aliphatic heterocycles. The average molecular weight is 320 g/mol. The molecular formula is C18H22ClNO2. The standard InChI is InChI=1S/C18H22ClNO2/c1-3-21-10-11-22-16-7-4-6-15(12-16)13-20-18-9-5-8-17(19)14(18)2/h4-9,12,20H,3,10-11,13H2,1-2H3. The van der Waals surface area contributed by atoms with Gasteiger partial charge in [0.25, 0.3) is 0 Å². The van der Waals surface area contributed by atoms with Crippen LogP contribution in [-0.2, 0) is 11.3 Å². The van der Waals surface area contributed by atoms with Crippen LogP contribution < -0.4 is 10.1 Å². The minimum atomic E-state index is 0.568. The van der Waals surface area contributed by atoms with Gasteiger partial charge >= 0.3 is 0 Å². The van der Waals surface area contributed by atoms with Crippen molar-refractivity contribution in [2.75, 3.05) is 25.1 Å². The number of anilines is 1. The second-order valence-corrected chi connectivity index (χ2v) is 5.37. The lowest BCUT2D eigenvalue weighted by Gasteiger charge is -2.12. The first-order valence-electron chi connectivity index (χ1n) is 7.49. The minimum absolute atomic E-state index is 0.568. The van der Waals surface area contributed by atoms with Gasteiger partial charge in [-0.15, -0.1) is 0 Å². The van der Waals surface area contributed by atoms with E-state index in [4.69, 9.17) is 21.1 Å². The van der Waals surface area contributed by atoms with Crippen LogP contribution in [0.25, 0.3) is 0 Å². The zero-order chi connectivity index (χ0) is 15.8. The molecule has 2 aromatic rings. The molecule has 0 unspecified atom stereocenters. The quantitative estimate of drug-likeness (QED) is 0.717. The van der Waals surface area contributed by atoms with Crippen LogP contribution in [0, 0.1) is 6.92 Å². The second kappa shape index (κ2) is 8.66. The second-order valence-electron chi connectivity index (χ2n) is 4.96. The fourth-order valence-corrected chi connectivity index (χ4v) is 2.28. The van der Waals surface area contributed by atoms with E-state index in [2.05, 4.69) is 11.4 Å². The third-order valence-electron chi connectivity index (χ3n) is 3.35. The van der Waals surface area contributed by atoms with E-state index in [1.165, 1.54) is 0 Å². The van der Waals surface area contributed by atoms with Crippen molar-refractivity contribution in [2.45, 2.75) is 20.4 Å². The maximum atomic E-state index is 6.13. The number of benzene rings is 2. The Labute approximate surface area is 137 Å². The Balaban J connectivity index is 1.91. The molecule has 0 aromatic heterocycles. The van der Waals surface area contributed by atoms with Gasteiger partial charge in [0.1, 0.15) is 12.4 Å². The number of hydrogen-bond acceptors (Lipinski definition) is 3. The van der Waals surface area contributed by atoms with E-state index in [0.29, 0.717) is 19.8 Å². The minimum Gasteiger partial charge on any atom is -0.491 e. The summed E-state index contributed by atoms with van der Waals surface area (Å²) in [6.45, 7) is 6.61. The molecule has 0 atom stereocenters. The van der Waals surface area contributed by atoms with Gasteiger partial charge in [-0.05, 0) is 49.2 Å². The zero-order valence-electron chi connectivity index (χ0n) is 13.1. The molecule has 0 fully saturated rings. The van der Waals surface area contributed by atoms with Crippen LogP contribution in [0.1, 0.15) is 18.1 Å². The highest BCUT2D eigenvalue weighted by Gasteiger charge is 2.02. The van der Waals surface area contributed by atoms with Crippen molar-refractivity contribution in [3.05, 3.63) is 58.6 Å². The summed E-state index contributed by atoms with van der Waals surface area (Å²) in [5.74, 6) is 0.863. The van der Waals surface area contributed by atoms with E-state index in [1.807, 2.05) is 50.2 Å². The molecule has 0 radical (unpaired) electrons. The first-order chi connectivity index (χ1) is 10.7. The van der Waals surface area contributed by atoms with Gasteiger partial charge in [0.15, 0.2) is 0 Å². The van der Waals surface area contributed by atoms with E-state index in [0.717, 1.165) is 34.1 Å². The van der Waals surface area contributed by atoms with Crippen LogP contribution in [0.15, 0.2) is 42.5 Å². The molecule has 0 saturated carbocycles. The van der Waals surface area contributed by atoms with Crippen LogP contribution in [0.5, 0.6) is 5.75 Å². The van der Waals surface area contributed by atoms with Gasteiger partial charge in [-0.1, -0.05) is 29.8 Å². The monoisotopic (exact) mass is 319 g/mol.